The van der Waals surface area contributed by atoms with Crippen LogP contribution in [0.25, 0.3) is 0 Å². The molecule has 0 fully saturated rings. The van der Waals surface area contributed by atoms with Crippen LogP contribution in [-0.4, -0.2) is 15.0 Å². The van der Waals surface area contributed by atoms with Gasteiger partial charge < -0.3 is 5.11 Å². The van der Waals surface area contributed by atoms with Crippen molar-refractivity contribution in [2.24, 2.45) is 0 Å². The van der Waals surface area contributed by atoms with E-state index in [0.29, 0.717) is 0 Å². The predicted octanol–water partition coefficient (Wildman–Crippen LogP) is 9.09. The van der Waals surface area contributed by atoms with Crippen LogP contribution in [0, 0.1) is 0 Å². The summed E-state index contributed by atoms with van der Waals surface area (Å²) in [7, 11) is 0. The van der Waals surface area contributed by atoms with Crippen molar-refractivity contribution in [3.8, 4) is 0 Å². The first-order chi connectivity index (χ1) is 13.2. The Morgan fingerprint density at radius 3 is 1.11 bits per heavy atom. The first-order valence-electron chi connectivity index (χ1n) is 12.0. The summed E-state index contributed by atoms with van der Waals surface area (Å²) >= 11 is 2.04. The van der Waals surface area contributed by atoms with E-state index in [0.717, 1.165) is 12.8 Å². The van der Waals surface area contributed by atoms with Crippen LogP contribution in [0.15, 0.2) is 0 Å². The average Bonchev–Trinajstić information content (AvgIpc) is 2.66. The maximum atomic E-state index is 10.7. The number of halogens is 1. The molecule has 0 aromatic carbocycles. The molecule has 0 heterocycles. The van der Waals surface area contributed by atoms with Crippen LogP contribution in [0.5, 0.6) is 0 Å². The fraction of sp³-hybridized carbons (Fsp3) is 0.958. The van der Waals surface area contributed by atoms with Gasteiger partial charge in [-0.2, -0.15) is 0 Å². The quantitative estimate of drug-likeness (QED) is 0.0926. The normalized spacial score (nSPS) is 12.4. The Morgan fingerprint density at radius 1 is 0.593 bits per heavy atom. The molecule has 0 bridgehead atoms. The van der Waals surface area contributed by atoms with Gasteiger partial charge in [0.25, 0.3) is 0 Å². The SMILES string of the molecule is CCCCCCCCCCCCCCCCCCCCCCC(I)C(=O)O. The Kier molecular flexibility index (Phi) is 22.7. The van der Waals surface area contributed by atoms with Crippen molar-refractivity contribution in [2.45, 2.75) is 146 Å². The van der Waals surface area contributed by atoms with Gasteiger partial charge >= 0.3 is 5.97 Å². The molecule has 2 nitrogen and oxygen atoms in total. The average molecular weight is 495 g/mol. The fourth-order valence-corrected chi connectivity index (χ4v) is 4.14. The second-order valence-electron chi connectivity index (χ2n) is 8.31. The Balaban J connectivity index is 3.04. The van der Waals surface area contributed by atoms with Crippen LogP contribution in [-0.2, 0) is 4.79 Å². The lowest BCUT2D eigenvalue weighted by Gasteiger charge is -2.05. The van der Waals surface area contributed by atoms with Gasteiger partial charge in [0.05, 0.1) is 0 Å². The molecule has 162 valence electrons. The summed E-state index contributed by atoms with van der Waals surface area (Å²) in [5.74, 6) is -0.659. The van der Waals surface area contributed by atoms with Crippen LogP contribution in [0.4, 0.5) is 0 Å². The summed E-state index contributed by atoms with van der Waals surface area (Å²) in [6.45, 7) is 2.29. The van der Waals surface area contributed by atoms with E-state index in [1.54, 1.807) is 0 Å². The van der Waals surface area contributed by atoms with Crippen LogP contribution in [0.2, 0.25) is 0 Å². The minimum Gasteiger partial charge on any atom is -0.480 e. The molecule has 0 aliphatic carbocycles. The number of aliphatic carboxylic acids is 1. The first-order valence-corrected chi connectivity index (χ1v) is 13.3. The van der Waals surface area contributed by atoms with Crippen molar-refractivity contribution in [2.75, 3.05) is 0 Å². The molecule has 0 saturated carbocycles. The topological polar surface area (TPSA) is 37.3 Å². The zero-order valence-corrected chi connectivity index (χ0v) is 20.3. The minimum atomic E-state index is -0.659. The van der Waals surface area contributed by atoms with Crippen molar-refractivity contribution in [3.05, 3.63) is 0 Å². The van der Waals surface area contributed by atoms with E-state index in [2.05, 4.69) is 6.92 Å². The predicted molar refractivity (Wildman–Crippen MR) is 128 cm³/mol. The van der Waals surface area contributed by atoms with E-state index in [4.69, 9.17) is 5.11 Å². The number of alkyl halides is 1. The summed E-state index contributed by atoms with van der Waals surface area (Å²) in [5.41, 5.74) is 0. The number of hydrogen-bond acceptors (Lipinski definition) is 1. The zero-order valence-electron chi connectivity index (χ0n) is 18.2. The Labute approximate surface area is 183 Å². The summed E-state index contributed by atoms with van der Waals surface area (Å²) in [6.07, 6.45) is 28.6. The maximum Gasteiger partial charge on any atom is 0.316 e. The van der Waals surface area contributed by atoms with Crippen LogP contribution in [0.1, 0.15) is 142 Å². The third-order valence-electron chi connectivity index (χ3n) is 5.58. The second-order valence-corrected chi connectivity index (χ2v) is 9.82. The molecule has 3 heteroatoms. The maximum absolute atomic E-state index is 10.7. The van der Waals surface area contributed by atoms with E-state index < -0.39 is 5.97 Å². The molecule has 0 aromatic rings. The van der Waals surface area contributed by atoms with Crippen LogP contribution < -0.4 is 0 Å². The van der Waals surface area contributed by atoms with Gasteiger partial charge in [-0.05, 0) is 6.42 Å². The van der Waals surface area contributed by atoms with E-state index in [9.17, 15) is 4.79 Å². The molecule has 0 radical (unpaired) electrons. The molecule has 1 atom stereocenters. The smallest absolute Gasteiger partial charge is 0.316 e. The highest BCUT2D eigenvalue weighted by atomic mass is 127. The molecular weight excluding hydrogens is 447 g/mol. The van der Waals surface area contributed by atoms with Crippen molar-refractivity contribution in [1.82, 2.24) is 0 Å². The lowest BCUT2D eigenvalue weighted by molar-refractivity contribution is -0.136. The summed E-state index contributed by atoms with van der Waals surface area (Å²) in [5, 5.41) is 8.83. The molecule has 0 amide bonds. The lowest BCUT2D eigenvalue weighted by atomic mass is 10.0. The number of unbranched alkanes of at least 4 members (excludes halogenated alkanes) is 19. The molecule has 0 rings (SSSR count). The molecule has 0 aliphatic rings. The van der Waals surface area contributed by atoms with E-state index >= 15 is 0 Å². The van der Waals surface area contributed by atoms with Crippen molar-refractivity contribution < 1.29 is 9.90 Å². The third kappa shape index (κ3) is 22.4. The van der Waals surface area contributed by atoms with Crippen molar-refractivity contribution in [3.63, 3.8) is 0 Å². The van der Waals surface area contributed by atoms with E-state index in [1.165, 1.54) is 122 Å². The second kappa shape index (κ2) is 22.5. The lowest BCUT2D eigenvalue weighted by Crippen LogP contribution is -2.11. The molecule has 1 N–H and O–H groups in total. The van der Waals surface area contributed by atoms with Crippen LogP contribution >= 0.6 is 22.6 Å². The summed E-state index contributed by atoms with van der Waals surface area (Å²) < 4.78 is -0.196. The molecular formula is C24H47IO2. The van der Waals surface area contributed by atoms with Gasteiger partial charge in [-0.15, -0.1) is 0 Å². The number of hydrogen-bond donors (Lipinski definition) is 1. The molecule has 0 aromatic heterocycles. The molecule has 27 heavy (non-hydrogen) atoms. The number of carboxylic acids is 1. The van der Waals surface area contributed by atoms with E-state index in [1.807, 2.05) is 22.6 Å². The Morgan fingerprint density at radius 2 is 0.852 bits per heavy atom. The number of carbonyl (C=O) groups is 1. The monoisotopic (exact) mass is 494 g/mol. The van der Waals surface area contributed by atoms with Gasteiger partial charge in [0.1, 0.15) is 3.92 Å². The minimum absolute atomic E-state index is 0.196. The Bertz CT molecular complexity index is 307. The standard InChI is InChI=1S/C24H47IO2/c1-2-3-4-5-6-7-8-9-10-11-12-13-14-15-16-17-18-19-20-21-22-23(25)24(26)27/h23H,2-22H2,1H3,(H,26,27). The van der Waals surface area contributed by atoms with Crippen molar-refractivity contribution in [1.29, 1.82) is 0 Å². The fourth-order valence-electron chi connectivity index (χ4n) is 3.70. The van der Waals surface area contributed by atoms with Crippen molar-refractivity contribution >= 4 is 28.6 Å². The van der Waals surface area contributed by atoms with Gasteiger partial charge in [0, 0.05) is 0 Å². The highest BCUT2D eigenvalue weighted by Crippen LogP contribution is 2.16. The number of rotatable bonds is 22. The third-order valence-corrected chi connectivity index (χ3v) is 6.73. The van der Waals surface area contributed by atoms with Gasteiger partial charge in [-0.1, -0.05) is 158 Å². The Hall–Kier alpha value is 0.200. The number of carboxylic acid groups (broad SMARTS) is 1. The van der Waals surface area contributed by atoms with Gasteiger partial charge in [-0.3, -0.25) is 4.79 Å². The highest BCUT2D eigenvalue weighted by Gasteiger charge is 2.11. The highest BCUT2D eigenvalue weighted by molar-refractivity contribution is 14.1. The van der Waals surface area contributed by atoms with Gasteiger partial charge in [-0.25, -0.2) is 0 Å². The van der Waals surface area contributed by atoms with Crippen LogP contribution in [0.3, 0.4) is 0 Å². The largest absolute Gasteiger partial charge is 0.480 e. The zero-order chi connectivity index (χ0) is 20.0. The van der Waals surface area contributed by atoms with E-state index in [-0.39, 0.29) is 3.92 Å². The molecule has 0 saturated heterocycles. The summed E-state index contributed by atoms with van der Waals surface area (Å²) in [4.78, 5) is 10.7. The molecule has 0 spiro atoms. The molecule has 0 aliphatic heterocycles. The van der Waals surface area contributed by atoms with Gasteiger partial charge in [0.2, 0.25) is 0 Å². The summed E-state index contributed by atoms with van der Waals surface area (Å²) in [6, 6.07) is 0. The van der Waals surface area contributed by atoms with Gasteiger partial charge in [0.15, 0.2) is 0 Å². The first kappa shape index (κ1) is 27.2. The molecule has 1 unspecified atom stereocenters.